The van der Waals surface area contributed by atoms with Crippen molar-refractivity contribution in [2.75, 3.05) is 32.8 Å². The Morgan fingerprint density at radius 3 is 2.07 bits per heavy atom. The molecule has 1 aromatic rings. The lowest BCUT2D eigenvalue weighted by Crippen LogP contribution is -2.56. The maximum Gasteiger partial charge on any atom is 0.326 e. The molecule has 1 heterocycles. The summed E-state index contributed by atoms with van der Waals surface area (Å²) >= 11 is 0. The van der Waals surface area contributed by atoms with E-state index in [4.69, 9.17) is 22.9 Å². The Morgan fingerprint density at radius 1 is 0.780 bits per heavy atom. The number of nitrogens with zero attached hydrogens (tertiary/aromatic N) is 2. The number of aliphatic carboxylic acids is 1. The van der Waals surface area contributed by atoms with Crippen molar-refractivity contribution in [1.82, 2.24) is 26.2 Å². The zero-order valence-corrected chi connectivity index (χ0v) is 34.6. The number of likely N-dealkylation sites (tertiary alicyclic amines) is 1. The van der Waals surface area contributed by atoms with E-state index in [-0.39, 0.29) is 43.1 Å². The van der Waals surface area contributed by atoms with Gasteiger partial charge in [0.2, 0.25) is 29.5 Å². The van der Waals surface area contributed by atoms with Gasteiger partial charge in [0.05, 0.1) is 12.6 Å². The van der Waals surface area contributed by atoms with Crippen molar-refractivity contribution >= 4 is 41.5 Å². The second-order valence-corrected chi connectivity index (χ2v) is 15.2. The molecule has 0 radical (unpaired) electrons. The number of unbranched alkanes of at least 4 members (excludes halogenated alkanes) is 9. The summed E-state index contributed by atoms with van der Waals surface area (Å²) in [5.41, 5.74) is 23.1. The maximum absolute atomic E-state index is 13.3. The molecule has 1 saturated heterocycles. The molecule has 1 aliphatic rings. The number of aliphatic imine (C=N–C) groups is 1. The van der Waals surface area contributed by atoms with E-state index >= 15 is 0 Å². The average molecular weight is 831 g/mol. The number of amides is 5. The number of rotatable bonds is 31. The Morgan fingerprint density at radius 2 is 1.44 bits per heavy atom. The quantitative estimate of drug-likeness (QED) is 0.0274. The largest absolute Gasteiger partial charge is 0.480 e. The van der Waals surface area contributed by atoms with E-state index in [1.807, 2.05) is 6.07 Å². The SMILES string of the molecule is NCCCC[C@H](N)C(=O)N[C@@H](CCCN=C(N)N)C(=O)NCCCCCCCCCCCC(=O)N[C@@H](CO)C(=O)N1CCC[C@H]1C(=O)N[C@@H](Cc1ccccc1)C(=O)O. The Bertz CT molecular complexity index is 1460. The highest BCUT2D eigenvalue weighted by atomic mass is 16.4. The standard InChI is InChI=1S/C41H70N10O8/c42-23-13-12-19-30(43)36(54)49-31(20-15-25-47-41(44)45)37(55)46-24-14-7-5-3-1-2-4-6-11-22-35(53)48-33(28-52)39(57)51-26-16-21-34(51)38(56)50-32(40(58)59)27-29-17-9-8-10-18-29/h8-10,17-18,30-34,52H,1-7,11-16,19-28,42-43H2,(H,46,55)(H,48,53)(H,49,54)(H,50,56)(H,58,59)(H4,44,45,47)/t30-,31-,32-,33-,34-/m0/s1. The molecule has 332 valence electrons. The molecule has 5 amide bonds. The first kappa shape index (κ1) is 50.3. The second-order valence-electron chi connectivity index (χ2n) is 15.2. The Balaban J connectivity index is 1.62. The number of carbonyl (C=O) groups excluding carboxylic acids is 5. The Labute approximate surface area is 348 Å². The van der Waals surface area contributed by atoms with Crippen LogP contribution in [0.15, 0.2) is 35.3 Å². The van der Waals surface area contributed by atoms with Crippen molar-refractivity contribution in [2.45, 2.75) is 146 Å². The van der Waals surface area contributed by atoms with Crippen LogP contribution in [0.5, 0.6) is 0 Å². The average Bonchev–Trinajstić information content (AvgIpc) is 3.71. The van der Waals surface area contributed by atoms with Gasteiger partial charge in [-0.15, -0.1) is 0 Å². The van der Waals surface area contributed by atoms with Gasteiger partial charge in [0, 0.05) is 32.5 Å². The van der Waals surface area contributed by atoms with Crippen LogP contribution in [0.3, 0.4) is 0 Å². The highest BCUT2D eigenvalue weighted by Gasteiger charge is 2.38. The normalized spacial score (nSPS) is 15.6. The summed E-state index contributed by atoms with van der Waals surface area (Å²) in [5, 5.41) is 30.5. The number of benzene rings is 1. The molecule has 18 heteroatoms. The molecule has 14 N–H and O–H groups in total. The molecule has 5 atom stereocenters. The second kappa shape index (κ2) is 29.4. The predicted octanol–water partition coefficient (Wildman–Crippen LogP) is 0.279. The van der Waals surface area contributed by atoms with E-state index < -0.39 is 54.6 Å². The smallest absolute Gasteiger partial charge is 0.326 e. The third-order valence-corrected chi connectivity index (χ3v) is 10.3. The van der Waals surface area contributed by atoms with Crippen molar-refractivity contribution in [2.24, 2.45) is 27.9 Å². The van der Waals surface area contributed by atoms with Gasteiger partial charge in [0.15, 0.2) is 5.96 Å². The van der Waals surface area contributed by atoms with Crippen LogP contribution in [0.2, 0.25) is 0 Å². The van der Waals surface area contributed by atoms with E-state index in [9.17, 15) is 39.0 Å². The van der Waals surface area contributed by atoms with Crippen LogP contribution in [0.1, 0.15) is 115 Å². The van der Waals surface area contributed by atoms with Crippen LogP contribution in [0.25, 0.3) is 0 Å². The first-order valence-electron chi connectivity index (χ1n) is 21.2. The predicted molar refractivity (Wildman–Crippen MR) is 225 cm³/mol. The summed E-state index contributed by atoms with van der Waals surface area (Å²) in [7, 11) is 0. The number of aliphatic hydroxyl groups excluding tert-OH is 1. The lowest BCUT2D eigenvalue weighted by atomic mass is 10.1. The minimum absolute atomic E-state index is 0.0318. The number of nitrogens with one attached hydrogen (secondary N) is 4. The molecule has 59 heavy (non-hydrogen) atoms. The molecule has 0 unspecified atom stereocenters. The summed E-state index contributed by atoms with van der Waals surface area (Å²) in [5.74, 6) is -3.37. The number of carbonyl (C=O) groups is 6. The molecule has 0 bridgehead atoms. The van der Waals surface area contributed by atoms with Crippen molar-refractivity contribution in [3.8, 4) is 0 Å². The van der Waals surface area contributed by atoms with Gasteiger partial charge < -0.3 is 59.3 Å². The fourth-order valence-electron chi connectivity index (χ4n) is 6.95. The van der Waals surface area contributed by atoms with Crippen LogP contribution < -0.4 is 44.2 Å². The van der Waals surface area contributed by atoms with Crippen LogP contribution in [0, 0.1) is 0 Å². The van der Waals surface area contributed by atoms with Gasteiger partial charge in [-0.3, -0.25) is 29.0 Å². The summed E-state index contributed by atoms with van der Waals surface area (Å²) in [6.45, 7) is 0.988. The summed E-state index contributed by atoms with van der Waals surface area (Å²) < 4.78 is 0. The van der Waals surface area contributed by atoms with Gasteiger partial charge in [-0.2, -0.15) is 0 Å². The molecule has 1 fully saturated rings. The third kappa shape index (κ3) is 20.6. The molecule has 0 aromatic heterocycles. The highest BCUT2D eigenvalue weighted by Crippen LogP contribution is 2.20. The number of carboxylic acids is 1. The van der Waals surface area contributed by atoms with Gasteiger partial charge in [-0.05, 0) is 63.5 Å². The molecule has 18 nitrogen and oxygen atoms in total. The minimum Gasteiger partial charge on any atom is -0.480 e. The number of guanidine groups is 1. The number of hydrogen-bond acceptors (Lipinski definition) is 10. The fraction of sp³-hybridized carbons (Fsp3) is 0.683. The first-order valence-corrected chi connectivity index (χ1v) is 21.2. The molecule has 1 aromatic carbocycles. The topological polar surface area (TPSA) is 311 Å². The number of aliphatic hydroxyl groups is 1. The molecule has 0 spiro atoms. The molecule has 2 rings (SSSR count). The van der Waals surface area contributed by atoms with E-state index in [0.717, 1.165) is 69.8 Å². The fourth-order valence-corrected chi connectivity index (χ4v) is 6.95. The van der Waals surface area contributed by atoms with Crippen molar-refractivity contribution in [3.63, 3.8) is 0 Å². The maximum atomic E-state index is 13.3. The molecule has 0 saturated carbocycles. The van der Waals surface area contributed by atoms with Gasteiger partial charge in [-0.1, -0.05) is 81.7 Å². The van der Waals surface area contributed by atoms with E-state index in [0.29, 0.717) is 58.2 Å². The molecule has 0 aliphatic carbocycles. The molecule has 1 aliphatic heterocycles. The number of nitrogens with two attached hydrogens (primary N) is 4. The van der Waals surface area contributed by atoms with Gasteiger partial charge in [0.25, 0.3) is 0 Å². The van der Waals surface area contributed by atoms with E-state index in [1.54, 1.807) is 24.3 Å². The molecular formula is C41H70N10O8. The third-order valence-electron chi connectivity index (χ3n) is 10.3. The van der Waals surface area contributed by atoms with Gasteiger partial charge in [0.1, 0.15) is 24.2 Å². The van der Waals surface area contributed by atoms with Crippen LogP contribution >= 0.6 is 0 Å². The lowest BCUT2D eigenvalue weighted by Gasteiger charge is -2.28. The van der Waals surface area contributed by atoms with Gasteiger partial charge in [-0.25, -0.2) is 4.79 Å². The van der Waals surface area contributed by atoms with E-state index in [1.165, 1.54) is 4.90 Å². The summed E-state index contributed by atoms with van der Waals surface area (Å²) in [4.78, 5) is 81.8. The van der Waals surface area contributed by atoms with Crippen molar-refractivity contribution < 1.29 is 39.0 Å². The summed E-state index contributed by atoms with van der Waals surface area (Å²) in [6.07, 6.45) is 12.3. The summed E-state index contributed by atoms with van der Waals surface area (Å²) in [6, 6.07) is 4.20. The number of carboxylic acid groups (broad SMARTS) is 1. The van der Waals surface area contributed by atoms with Crippen molar-refractivity contribution in [1.29, 1.82) is 0 Å². The molecular weight excluding hydrogens is 761 g/mol. The highest BCUT2D eigenvalue weighted by molar-refractivity contribution is 5.94. The number of hydrogen-bond donors (Lipinski definition) is 10. The van der Waals surface area contributed by atoms with Crippen LogP contribution in [-0.2, 0) is 35.2 Å². The Kier molecular flexibility index (Phi) is 25.1. The van der Waals surface area contributed by atoms with Gasteiger partial charge >= 0.3 is 5.97 Å². The van der Waals surface area contributed by atoms with Crippen molar-refractivity contribution in [3.05, 3.63) is 35.9 Å². The monoisotopic (exact) mass is 831 g/mol. The van der Waals surface area contributed by atoms with Crippen LogP contribution in [0.4, 0.5) is 0 Å². The Hall–Kier alpha value is -4.81. The van der Waals surface area contributed by atoms with Crippen LogP contribution in [-0.4, -0.2) is 120 Å². The van der Waals surface area contributed by atoms with E-state index in [2.05, 4.69) is 26.3 Å². The zero-order valence-electron chi connectivity index (χ0n) is 34.6. The lowest BCUT2D eigenvalue weighted by molar-refractivity contribution is -0.145. The first-order chi connectivity index (χ1) is 28.4. The minimum atomic E-state index is -1.20. The zero-order chi connectivity index (χ0) is 43.4.